The minimum atomic E-state index is 0.669. The summed E-state index contributed by atoms with van der Waals surface area (Å²) >= 11 is 0. The molecular formula is C24H26N4O. The number of aromatic nitrogens is 2. The Labute approximate surface area is 171 Å². The number of oxazole rings is 1. The predicted molar refractivity (Wildman–Crippen MR) is 116 cm³/mol. The monoisotopic (exact) mass is 386 g/mol. The van der Waals surface area contributed by atoms with E-state index in [-0.39, 0.29) is 0 Å². The van der Waals surface area contributed by atoms with Gasteiger partial charge in [0.15, 0.2) is 5.58 Å². The van der Waals surface area contributed by atoms with Crippen molar-refractivity contribution < 1.29 is 4.42 Å². The number of nitrogens with zero attached hydrogens (tertiary/aromatic N) is 4. The van der Waals surface area contributed by atoms with Crippen molar-refractivity contribution in [3.8, 4) is 23.5 Å². The number of hydrogen-bond donors (Lipinski definition) is 0. The number of fused-ring (bicyclic) bond motifs is 1. The number of likely N-dealkylation sites (tertiary alicyclic amines) is 1. The molecule has 0 atom stereocenters. The predicted octanol–water partition coefficient (Wildman–Crippen LogP) is 4.33. The molecule has 0 bridgehead atoms. The molecular weight excluding hydrogens is 360 g/mol. The molecule has 148 valence electrons. The molecule has 5 nitrogen and oxygen atoms in total. The summed E-state index contributed by atoms with van der Waals surface area (Å²) in [5.74, 6) is 2.65. The molecule has 0 N–H and O–H groups in total. The van der Waals surface area contributed by atoms with Crippen LogP contribution in [0.4, 0.5) is 6.01 Å². The molecule has 5 heteroatoms. The van der Waals surface area contributed by atoms with Crippen molar-refractivity contribution in [3.63, 3.8) is 0 Å². The van der Waals surface area contributed by atoms with E-state index in [1.807, 2.05) is 36.5 Å². The first-order chi connectivity index (χ1) is 14.3. The molecule has 0 spiro atoms. The Morgan fingerprint density at radius 2 is 1.72 bits per heavy atom. The largest absolute Gasteiger partial charge is 0.422 e. The molecule has 0 unspecified atom stereocenters. The second-order valence-electron chi connectivity index (χ2n) is 8.08. The van der Waals surface area contributed by atoms with Gasteiger partial charge in [0.1, 0.15) is 0 Å². The van der Waals surface area contributed by atoms with Crippen molar-refractivity contribution in [1.29, 1.82) is 0 Å². The SMILES string of the molecule is C#Cc1ccc(-c2cnc3nc(N4CCC(N5CCCCC5)CC4)oc3c2)cc1. The number of anilines is 1. The van der Waals surface area contributed by atoms with Gasteiger partial charge in [-0.05, 0) is 62.5 Å². The molecule has 5 rings (SSSR count). The Morgan fingerprint density at radius 1 is 0.966 bits per heavy atom. The van der Waals surface area contributed by atoms with E-state index in [0.29, 0.717) is 17.7 Å². The summed E-state index contributed by atoms with van der Waals surface area (Å²) < 4.78 is 6.10. The van der Waals surface area contributed by atoms with Crippen LogP contribution in [-0.2, 0) is 0 Å². The molecule has 1 aromatic carbocycles. The number of hydrogen-bond acceptors (Lipinski definition) is 5. The Hall–Kier alpha value is -2.84. The van der Waals surface area contributed by atoms with E-state index in [1.54, 1.807) is 0 Å². The fourth-order valence-corrected chi connectivity index (χ4v) is 4.57. The summed E-state index contributed by atoms with van der Waals surface area (Å²) in [4.78, 5) is 14.1. The molecule has 0 amide bonds. The van der Waals surface area contributed by atoms with Gasteiger partial charge in [-0.3, -0.25) is 0 Å². The molecule has 3 aromatic rings. The third-order valence-electron chi connectivity index (χ3n) is 6.26. The van der Waals surface area contributed by atoms with Gasteiger partial charge >= 0.3 is 0 Å². The van der Waals surface area contributed by atoms with Gasteiger partial charge in [0.05, 0.1) is 0 Å². The quantitative estimate of drug-likeness (QED) is 0.627. The maximum Gasteiger partial charge on any atom is 0.299 e. The van der Waals surface area contributed by atoms with Crippen LogP contribution in [-0.4, -0.2) is 47.1 Å². The van der Waals surface area contributed by atoms with E-state index < -0.39 is 0 Å². The highest BCUT2D eigenvalue weighted by Gasteiger charge is 2.27. The summed E-state index contributed by atoms with van der Waals surface area (Å²) in [5.41, 5.74) is 4.35. The van der Waals surface area contributed by atoms with E-state index in [4.69, 9.17) is 10.8 Å². The number of terminal acetylenes is 1. The smallest absolute Gasteiger partial charge is 0.299 e. The van der Waals surface area contributed by atoms with Crippen molar-refractivity contribution >= 4 is 17.2 Å². The van der Waals surface area contributed by atoms with E-state index in [1.165, 1.54) is 45.2 Å². The third-order valence-corrected chi connectivity index (χ3v) is 6.26. The Morgan fingerprint density at radius 3 is 2.45 bits per heavy atom. The van der Waals surface area contributed by atoms with Crippen LogP contribution in [0.15, 0.2) is 40.9 Å². The minimum Gasteiger partial charge on any atom is -0.422 e. The van der Waals surface area contributed by atoms with Gasteiger partial charge in [0.2, 0.25) is 5.65 Å². The van der Waals surface area contributed by atoms with Crippen molar-refractivity contribution in [3.05, 3.63) is 42.1 Å². The molecule has 0 radical (unpaired) electrons. The zero-order chi connectivity index (χ0) is 19.6. The average molecular weight is 386 g/mol. The maximum atomic E-state index is 6.10. The molecule has 29 heavy (non-hydrogen) atoms. The van der Waals surface area contributed by atoms with E-state index in [9.17, 15) is 0 Å². The first-order valence-corrected chi connectivity index (χ1v) is 10.6. The highest BCUT2D eigenvalue weighted by molar-refractivity contribution is 5.77. The molecule has 2 fully saturated rings. The van der Waals surface area contributed by atoms with Crippen LogP contribution < -0.4 is 4.90 Å². The molecule has 2 saturated heterocycles. The number of rotatable bonds is 3. The molecule has 0 aliphatic carbocycles. The van der Waals surface area contributed by atoms with Crippen molar-refractivity contribution in [2.24, 2.45) is 0 Å². The normalized spacial score (nSPS) is 18.8. The first-order valence-electron chi connectivity index (χ1n) is 10.6. The zero-order valence-electron chi connectivity index (χ0n) is 16.7. The van der Waals surface area contributed by atoms with Gasteiger partial charge in [0, 0.05) is 36.5 Å². The lowest BCUT2D eigenvalue weighted by molar-refractivity contribution is 0.140. The Balaban J connectivity index is 1.30. The number of benzene rings is 1. The number of piperidine rings is 2. The third kappa shape index (κ3) is 3.73. The standard InChI is InChI=1S/C24H26N4O/c1-2-18-6-8-19(9-7-18)20-16-22-23(25-17-20)26-24(29-22)28-14-10-21(11-15-28)27-12-4-3-5-13-27/h1,6-9,16-17,21H,3-5,10-15H2. The lowest BCUT2D eigenvalue weighted by Gasteiger charge is -2.39. The van der Waals surface area contributed by atoms with Crippen LogP contribution in [0.5, 0.6) is 0 Å². The molecule has 4 heterocycles. The molecule has 2 aromatic heterocycles. The van der Waals surface area contributed by atoms with E-state index in [0.717, 1.165) is 35.4 Å². The van der Waals surface area contributed by atoms with Crippen LogP contribution in [0.1, 0.15) is 37.7 Å². The lowest BCUT2D eigenvalue weighted by atomic mass is 10.0. The van der Waals surface area contributed by atoms with Gasteiger partial charge in [-0.2, -0.15) is 4.98 Å². The zero-order valence-corrected chi connectivity index (χ0v) is 16.7. The summed E-state index contributed by atoms with van der Waals surface area (Å²) in [7, 11) is 0. The van der Waals surface area contributed by atoms with Crippen LogP contribution in [0.2, 0.25) is 0 Å². The minimum absolute atomic E-state index is 0.669. The van der Waals surface area contributed by atoms with Gasteiger partial charge < -0.3 is 14.2 Å². The van der Waals surface area contributed by atoms with Crippen LogP contribution in [0.25, 0.3) is 22.4 Å². The van der Waals surface area contributed by atoms with Crippen molar-refractivity contribution in [2.75, 3.05) is 31.1 Å². The summed E-state index contributed by atoms with van der Waals surface area (Å²) in [6.45, 7) is 4.52. The summed E-state index contributed by atoms with van der Waals surface area (Å²) in [6, 6.07) is 11.3. The van der Waals surface area contributed by atoms with Crippen LogP contribution >= 0.6 is 0 Å². The lowest BCUT2D eigenvalue weighted by Crippen LogP contribution is -2.46. The highest BCUT2D eigenvalue weighted by atomic mass is 16.4. The first kappa shape index (κ1) is 18.2. The van der Waals surface area contributed by atoms with Crippen molar-refractivity contribution in [2.45, 2.75) is 38.1 Å². The van der Waals surface area contributed by atoms with Gasteiger partial charge in [-0.15, -0.1) is 6.42 Å². The van der Waals surface area contributed by atoms with Gasteiger partial charge in [-0.25, -0.2) is 4.98 Å². The molecule has 0 saturated carbocycles. The van der Waals surface area contributed by atoms with E-state index >= 15 is 0 Å². The molecule has 2 aliphatic heterocycles. The average Bonchev–Trinajstić information content (AvgIpc) is 3.23. The topological polar surface area (TPSA) is 45.4 Å². The maximum absolute atomic E-state index is 6.10. The second-order valence-corrected chi connectivity index (χ2v) is 8.08. The molecule has 2 aliphatic rings. The Bertz CT molecular complexity index is 1020. The van der Waals surface area contributed by atoms with Crippen molar-refractivity contribution in [1.82, 2.24) is 14.9 Å². The highest BCUT2D eigenvalue weighted by Crippen LogP contribution is 2.29. The van der Waals surface area contributed by atoms with E-state index in [2.05, 4.69) is 25.7 Å². The second kappa shape index (κ2) is 7.88. The number of pyridine rings is 1. The summed E-state index contributed by atoms with van der Waals surface area (Å²) in [6.07, 6.45) is 13.7. The van der Waals surface area contributed by atoms with Gasteiger partial charge in [-0.1, -0.05) is 24.5 Å². The van der Waals surface area contributed by atoms with Gasteiger partial charge in [0.25, 0.3) is 6.01 Å². The van der Waals surface area contributed by atoms with Crippen LogP contribution in [0, 0.1) is 12.3 Å². The summed E-state index contributed by atoms with van der Waals surface area (Å²) in [5, 5.41) is 0. The Kier molecular flexibility index (Phi) is 4.95. The fourth-order valence-electron chi connectivity index (χ4n) is 4.57. The van der Waals surface area contributed by atoms with Crippen LogP contribution in [0.3, 0.4) is 0 Å². The fraction of sp³-hybridized carbons (Fsp3) is 0.417.